The van der Waals surface area contributed by atoms with Gasteiger partial charge in [-0.1, -0.05) is 16.7 Å². The van der Waals surface area contributed by atoms with Gasteiger partial charge in [-0.3, -0.25) is 0 Å². The Bertz CT molecular complexity index is 386. The van der Waals surface area contributed by atoms with Crippen molar-refractivity contribution in [2.45, 2.75) is 13.0 Å². The van der Waals surface area contributed by atoms with Gasteiger partial charge in [0.25, 0.3) is 0 Å². The van der Waals surface area contributed by atoms with E-state index in [-0.39, 0.29) is 6.54 Å². The summed E-state index contributed by atoms with van der Waals surface area (Å²) in [6, 6.07) is 5.49. The summed E-state index contributed by atoms with van der Waals surface area (Å²) in [5.74, 6) is 0.598. The number of aliphatic hydroxyl groups is 1. The fourth-order valence-electron chi connectivity index (χ4n) is 1.33. The second kappa shape index (κ2) is 5.24. The van der Waals surface area contributed by atoms with Crippen molar-refractivity contribution >= 4 is 0 Å². The maximum Gasteiger partial charge on any atom is 0.124 e. The second-order valence-electron chi connectivity index (χ2n) is 3.17. The summed E-state index contributed by atoms with van der Waals surface area (Å²) in [5.41, 5.74) is 9.82. The molecule has 1 atom stereocenters. The molecule has 5 nitrogen and oxygen atoms in total. The molecule has 0 aliphatic rings. The summed E-state index contributed by atoms with van der Waals surface area (Å²) in [7, 11) is 1.54. The number of rotatable bonds is 4. The van der Waals surface area contributed by atoms with E-state index in [0.29, 0.717) is 11.3 Å². The first-order valence-corrected chi connectivity index (χ1v) is 4.52. The van der Waals surface area contributed by atoms with Crippen molar-refractivity contribution in [1.82, 2.24) is 0 Å². The van der Waals surface area contributed by atoms with E-state index in [1.54, 1.807) is 6.07 Å². The number of aliphatic hydroxyl groups excluding tert-OH is 1. The lowest BCUT2D eigenvalue weighted by Crippen LogP contribution is -2.03. The SMILES string of the molecule is COc1ccc(C)cc1[C@@H](O)CN=[N+]=[N-]. The topological polar surface area (TPSA) is 78.2 Å². The summed E-state index contributed by atoms with van der Waals surface area (Å²) >= 11 is 0. The van der Waals surface area contributed by atoms with E-state index in [4.69, 9.17) is 10.3 Å². The quantitative estimate of drug-likeness (QED) is 0.467. The van der Waals surface area contributed by atoms with E-state index in [1.807, 2.05) is 19.1 Å². The zero-order valence-corrected chi connectivity index (χ0v) is 8.71. The van der Waals surface area contributed by atoms with Crippen LogP contribution in [0.1, 0.15) is 17.2 Å². The van der Waals surface area contributed by atoms with E-state index in [2.05, 4.69) is 10.0 Å². The molecule has 5 heteroatoms. The molecule has 80 valence electrons. The van der Waals surface area contributed by atoms with Crippen LogP contribution >= 0.6 is 0 Å². The summed E-state index contributed by atoms with van der Waals surface area (Å²) in [6.07, 6.45) is -0.823. The number of benzene rings is 1. The third kappa shape index (κ3) is 2.87. The number of methoxy groups -OCH3 is 1. The predicted molar refractivity (Wildman–Crippen MR) is 56.7 cm³/mol. The predicted octanol–water partition coefficient (Wildman–Crippen LogP) is 2.35. The van der Waals surface area contributed by atoms with Crippen LogP contribution in [-0.2, 0) is 0 Å². The molecule has 0 amide bonds. The fourth-order valence-corrected chi connectivity index (χ4v) is 1.33. The van der Waals surface area contributed by atoms with Gasteiger partial charge in [-0.05, 0) is 24.6 Å². The van der Waals surface area contributed by atoms with Crippen molar-refractivity contribution in [3.05, 3.63) is 39.8 Å². The molecular weight excluding hydrogens is 194 g/mol. The molecule has 0 aliphatic carbocycles. The van der Waals surface area contributed by atoms with Crippen molar-refractivity contribution in [3.8, 4) is 5.75 Å². The Labute approximate surface area is 87.9 Å². The third-order valence-corrected chi connectivity index (χ3v) is 2.06. The zero-order valence-electron chi connectivity index (χ0n) is 8.71. The lowest BCUT2D eigenvalue weighted by atomic mass is 10.1. The lowest BCUT2D eigenvalue weighted by molar-refractivity contribution is 0.182. The average molecular weight is 207 g/mol. The Morgan fingerprint density at radius 1 is 1.60 bits per heavy atom. The van der Waals surface area contributed by atoms with Crippen molar-refractivity contribution in [2.75, 3.05) is 13.7 Å². The maximum absolute atomic E-state index is 9.74. The van der Waals surface area contributed by atoms with Gasteiger partial charge in [0.05, 0.1) is 19.8 Å². The first kappa shape index (κ1) is 11.4. The van der Waals surface area contributed by atoms with Crippen LogP contribution in [0.25, 0.3) is 10.4 Å². The number of nitrogens with zero attached hydrogens (tertiary/aromatic N) is 3. The molecule has 1 rings (SSSR count). The second-order valence-corrected chi connectivity index (χ2v) is 3.17. The van der Waals surface area contributed by atoms with Gasteiger partial charge in [-0.15, -0.1) is 0 Å². The van der Waals surface area contributed by atoms with Crippen LogP contribution in [0.3, 0.4) is 0 Å². The molecule has 1 aromatic carbocycles. The van der Waals surface area contributed by atoms with Crippen molar-refractivity contribution in [1.29, 1.82) is 0 Å². The monoisotopic (exact) mass is 207 g/mol. The lowest BCUT2D eigenvalue weighted by Gasteiger charge is -2.13. The summed E-state index contributed by atoms with van der Waals surface area (Å²) in [5, 5.41) is 13.1. The van der Waals surface area contributed by atoms with E-state index < -0.39 is 6.10 Å². The molecule has 0 spiro atoms. The van der Waals surface area contributed by atoms with Crippen LogP contribution in [0.5, 0.6) is 5.75 Å². The van der Waals surface area contributed by atoms with E-state index >= 15 is 0 Å². The standard InChI is InChI=1S/C10H13N3O2/c1-7-3-4-10(15-2)8(5-7)9(14)6-12-13-11/h3-5,9,14H,6H2,1-2H3/t9-/m0/s1. The van der Waals surface area contributed by atoms with Gasteiger partial charge in [0.15, 0.2) is 0 Å². The van der Waals surface area contributed by atoms with E-state index in [0.717, 1.165) is 5.56 Å². The molecule has 0 saturated carbocycles. The Kier molecular flexibility index (Phi) is 3.97. The zero-order chi connectivity index (χ0) is 11.3. The number of aryl methyl sites for hydroxylation is 1. The molecule has 15 heavy (non-hydrogen) atoms. The highest BCUT2D eigenvalue weighted by Gasteiger charge is 2.12. The molecular formula is C10H13N3O2. The molecule has 0 aliphatic heterocycles. The minimum atomic E-state index is -0.823. The van der Waals surface area contributed by atoms with Crippen LogP contribution in [0, 0.1) is 6.92 Å². The third-order valence-electron chi connectivity index (χ3n) is 2.06. The number of ether oxygens (including phenoxy) is 1. The Hall–Kier alpha value is -1.71. The molecule has 1 N–H and O–H groups in total. The van der Waals surface area contributed by atoms with Crippen molar-refractivity contribution in [3.63, 3.8) is 0 Å². The molecule has 0 aromatic heterocycles. The van der Waals surface area contributed by atoms with Crippen molar-refractivity contribution in [2.24, 2.45) is 5.11 Å². The van der Waals surface area contributed by atoms with Crippen LogP contribution in [-0.4, -0.2) is 18.8 Å². The van der Waals surface area contributed by atoms with E-state index in [1.165, 1.54) is 7.11 Å². The maximum atomic E-state index is 9.74. The first-order valence-electron chi connectivity index (χ1n) is 4.52. The molecule has 0 heterocycles. The molecule has 0 unspecified atom stereocenters. The normalized spacial score (nSPS) is 11.7. The van der Waals surface area contributed by atoms with Gasteiger partial charge in [-0.2, -0.15) is 0 Å². The van der Waals surface area contributed by atoms with Gasteiger partial charge in [0.1, 0.15) is 5.75 Å². The summed E-state index contributed by atoms with van der Waals surface area (Å²) < 4.78 is 5.11. The molecule has 1 aromatic rings. The highest BCUT2D eigenvalue weighted by atomic mass is 16.5. The van der Waals surface area contributed by atoms with Gasteiger partial charge >= 0.3 is 0 Å². The Morgan fingerprint density at radius 3 is 2.93 bits per heavy atom. The highest BCUT2D eigenvalue weighted by Crippen LogP contribution is 2.26. The van der Waals surface area contributed by atoms with Gasteiger partial charge in [-0.25, -0.2) is 0 Å². The number of hydrogen-bond acceptors (Lipinski definition) is 3. The first-order chi connectivity index (χ1) is 7.19. The van der Waals surface area contributed by atoms with Crippen LogP contribution < -0.4 is 4.74 Å². The molecule has 0 bridgehead atoms. The van der Waals surface area contributed by atoms with Gasteiger partial charge in [0.2, 0.25) is 0 Å². The van der Waals surface area contributed by atoms with Crippen LogP contribution in [0.15, 0.2) is 23.3 Å². The van der Waals surface area contributed by atoms with Crippen molar-refractivity contribution < 1.29 is 9.84 Å². The molecule has 0 radical (unpaired) electrons. The van der Waals surface area contributed by atoms with Gasteiger partial charge < -0.3 is 9.84 Å². The summed E-state index contributed by atoms with van der Waals surface area (Å²) in [6.45, 7) is 1.93. The number of azide groups is 1. The highest BCUT2D eigenvalue weighted by molar-refractivity contribution is 5.38. The average Bonchev–Trinajstić information content (AvgIpc) is 2.25. The van der Waals surface area contributed by atoms with E-state index in [9.17, 15) is 5.11 Å². The number of hydrogen-bond donors (Lipinski definition) is 1. The summed E-state index contributed by atoms with van der Waals surface area (Å²) in [4.78, 5) is 2.60. The van der Waals surface area contributed by atoms with Crippen LogP contribution in [0.4, 0.5) is 0 Å². The Morgan fingerprint density at radius 2 is 2.33 bits per heavy atom. The van der Waals surface area contributed by atoms with Gasteiger partial charge in [0, 0.05) is 10.5 Å². The smallest absolute Gasteiger partial charge is 0.124 e. The molecule has 0 fully saturated rings. The molecule has 0 saturated heterocycles. The fraction of sp³-hybridized carbons (Fsp3) is 0.400. The largest absolute Gasteiger partial charge is 0.496 e. The minimum absolute atomic E-state index is 0.0102. The Balaban J connectivity index is 2.99. The van der Waals surface area contributed by atoms with Crippen LogP contribution in [0.2, 0.25) is 0 Å². The minimum Gasteiger partial charge on any atom is -0.496 e.